The zero-order valence-electron chi connectivity index (χ0n) is 15.1. The topological polar surface area (TPSA) is 35.5 Å². The first kappa shape index (κ1) is 18.1. The van der Waals surface area contributed by atoms with Gasteiger partial charge in [0.2, 0.25) is 0 Å². The van der Waals surface area contributed by atoms with Gasteiger partial charge < -0.3 is 9.47 Å². The standard InChI is InChI=1S/C21H26O3/c1-14(2)12-17-7-9-18(10-8-17)16(4)21(22)24-19-11-6-15(3)13-20(19)23-5/h6-11,13-14,16H,12H2,1-5H3/t16-/m0/s1. The molecule has 0 radical (unpaired) electrons. The zero-order valence-corrected chi connectivity index (χ0v) is 15.1. The van der Waals surface area contributed by atoms with Gasteiger partial charge in [-0.15, -0.1) is 0 Å². The molecule has 128 valence electrons. The third-order valence-corrected chi connectivity index (χ3v) is 4.01. The maximum atomic E-state index is 12.5. The number of hydrogen-bond acceptors (Lipinski definition) is 3. The molecule has 2 aromatic rings. The molecule has 0 saturated heterocycles. The fourth-order valence-corrected chi connectivity index (χ4v) is 2.61. The van der Waals surface area contributed by atoms with Crippen molar-refractivity contribution in [1.29, 1.82) is 0 Å². The first-order valence-corrected chi connectivity index (χ1v) is 8.36. The second-order valence-corrected chi connectivity index (χ2v) is 6.64. The normalized spacial score (nSPS) is 12.1. The molecular weight excluding hydrogens is 300 g/mol. The Hall–Kier alpha value is -2.29. The number of hydrogen-bond donors (Lipinski definition) is 0. The summed E-state index contributed by atoms with van der Waals surface area (Å²) in [6.45, 7) is 8.22. The van der Waals surface area contributed by atoms with Crippen molar-refractivity contribution in [3.63, 3.8) is 0 Å². The molecule has 2 aromatic carbocycles. The van der Waals surface area contributed by atoms with E-state index in [-0.39, 0.29) is 11.9 Å². The molecule has 0 fully saturated rings. The second-order valence-electron chi connectivity index (χ2n) is 6.64. The van der Waals surface area contributed by atoms with Crippen molar-refractivity contribution in [2.75, 3.05) is 7.11 Å². The van der Waals surface area contributed by atoms with Crippen LogP contribution in [0.15, 0.2) is 42.5 Å². The van der Waals surface area contributed by atoms with Gasteiger partial charge in [0.05, 0.1) is 13.0 Å². The minimum absolute atomic E-state index is 0.284. The van der Waals surface area contributed by atoms with E-state index >= 15 is 0 Å². The van der Waals surface area contributed by atoms with Gasteiger partial charge in [-0.2, -0.15) is 0 Å². The Morgan fingerprint density at radius 2 is 1.67 bits per heavy atom. The first-order chi connectivity index (χ1) is 11.4. The number of carbonyl (C=O) groups excluding carboxylic acids is 1. The predicted octanol–water partition coefficient (Wildman–Crippen LogP) is 4.91. The quantitative estimate of drug-likeness (QED) is 0.559. The van der Waals surface area contributed by atoms with Crippen LogP contribution in [0.2, 0.25) is 0 Å². The minimum atomic E-state index is -0.330. The highest BCUT2D eigenvalue weighted by atomic mass is 16.6. The lowest BCUT2D eigenvalue weighted by molar-refractivity contribution is -0.135. The molecule has 0 N–H and O–H groups in total. The molecule has 3 heteroatoms. The van der Waals surface area contributed by atoms with Crippen LogP contribution in [0.3, 0.4) is 0 Å². The summed E-state index contributed by atoms with van der Waals surface area (Å²) in [6, 6.07) is 13.7. The molecule has 0 bridgehead atoms. The number of esters is 1. The zero-order chi connectivity index (χ0) is 17.7. The van der Waals surface area contributed by atoms with Crippen molar-refractivity contribution in [1.82, 2.24) is 0 Å². The van der Waals surface area contributed by atoms with Gasteiger partial charge in [-0.3, -0.25) is 4.79 Å². The molecular formula is C21H26O3. The number of carbonyl (C=O) groups is 1. The van der Waals surface area contributed by atoms with E-state index in [1.807, 2.05) is 38.1 Å². The Morgan fingerprint density at radius 1 is 1.00 bits per heavy atom. The maximum Gasteiger partial charge on any atom is 0.318 e. The van der Waals surface area contributed by atoms with Crippen molar-refractivity contribution in [2.24, 2.45) is 5.92 Å². The fourth-order valence-electron chi connectivity index (χ4n) is 2.61. The van der Waals surface area contributed by atoms with Gasteiger partial charge in [0, 0.05) is 0 Å². The van der Waals surface area contributed by atoms with Crippen LogP contribution in [0, 0.1) is 12.8 Å². The SMILES string of the molecule is COc1cc(C)ccc1OC(=O)[C@@H](C)c1ccc(CC(C)C)cc1. The third-order valence-electron chi connectivity index (χ3n) is 4.01. The van der Waals surface area contributed by atoms with Gasteiger partial charge in [0.25, 0.3) is 0 Å². The molecule has 3 nitrogen and oxygen atoms in total. The van der Waals surface area contributed by atoms with Gasteiger partial charge in [0.15, 0.2) is 11.5 Å². The molecule has 24 heavy (non-hydrogen) atoms. The Bertz CT molecular complexity index is 687. The van der Waals surface area contributed by atoms with E-state index in [1.165, 1.54) is 5.56 Å². The van der Waals surface area contributed by atoms with Crippen molar-refractivity contribution < 1.29 is 14.3 Å². The summed E-state index contributed by atoms with van der Waals surface area (Å²) < 4.78 is 10.8. The molecule has 0 aliphatic rings. The molecule has 1 atom stereocenters. The average Bonchev–Trinajstić information content (AvgIpc) is 2.55. The summed E-state index contributed by atoms with van der Waals surface area (Å²) in [6.07, 6.45) is 1.04. The number of aryl methyl sites for hydroxylation is 1. The summed E-state index contributed by atoms with van der Waals surface area (Å²) in [5.41, 5.74) is 3.30. The van der Waals surface area contributed by atoms with Crippen LogP contribution in [0.1, 0.15) is 43.4 Å². The van der Waals surface area contributed by atoms with E-state index in [0.717, 1.165) is 17.5 Å². The number of benzene rings is 2. The lowest BCUT2D eigenvalue weighted by Gasteiger charge is -2.14. The van der Waals surface area contributed by atoms with E-state index < -0.39 is 0 Å². The van der Waals surface area contributed by atoms with E-state index in [0.29, 0.717) is 17.4 Å². The predicted molar refractivity (Wildman–Crippen MR) is 96.8 cm³/mol. The van der Waals surface area contributed by atoms with Crippen LogP contribution >= 0.6 is 0 Å². The Balaban J connectivity index is 2.09. The summed E-state index contributed by atoms with van der Waals surface area (Å²) in [7, 11) is 1.57. The molecule has 2 rings (SSSR count). The van der Waals surface area contributed by atoms with Gasteiger partial charge >= 0.3 is 5.97 Å². The summed E-state index contributed by atoms with van der Waals surface area (Å²) >= 11 is 0. The number of rotatable bonds is 6. The van der Waals surface area contributed by atoms with Crippen molar-refractivity contribution in [3.05, 3.63) is 59.2 Å². The van der Waals surface area contributed by atoms with Gasteiger partial charge in [0.1, 0.15) is 0 Å². The van der Waals surface area contributed by atoms with E-state index in [9.17, 15) is 4.79 Å². The second kappa shape index (κ2) is 8.00. The molecule has 0 aliphatic heterocycles. The highest BCUT2D eigenvalue weighted by molar-refractivity contribution is 5.80. The van der Waals surface area contributed by atoms with Crippen molar-refractivity contribution >= 4 is 5.97 Å². The Labute approximate surface area is 144 Å². The van der Waals surface area contributed by atoms with Crippen LogP contribution in [0.5, 0.6) is 11.5 Å². The lowest BCUT2D eigenvalue weighted by Crippen LogP contribution is -2.16. The van der Waals surface area contributed by atoms with Gasteiger partial charge in [-0.1, -0.05) is 44.2 Å². The van der Waals surface area contributed by atoms with Crippen LogP contribution in [0.4, 0.5) is 0 Å². The lowest BCUT2D eigenvalue weighted by atomic mass is 9.97. The minimum Gasteiger partial charge on any atom is -0.493 e. The Morgan fingerprint density at radius 3 is 2.25 bits per heavy atom. The number of ether oxygens (including phenoxy) is 2. The largest absolute Gasteiger partial charge is 0.493 e. The smallest absolute Gasteiger partial charge is 0.318 e. The van der Waals surface area contributed by atoms with Crippen LogP contribution in [-0.4, -0.2) is 13.1 Å². The maximum absolute atomic E-state index is 12.5. The van der Waals surface area contributed by atoms with E-state index in [1.54, 1.807) is 13.2 Å². The third kappa shape index (κ3) is 4.60. The highest BCUT2D eigenvalue weighted by Crippen LogP contribution is 2.29. The van der Waals surface area contributed by atoms with Crippen molar-refractivity contribution in [2.45, 2.75) is 40.0 Å². The van der Waals surface area contributed by atoms with E-state index in [4.69, 9.17) is 9.47 Å². The van der Waals surface area contributed by atoms with Crippen molar-refractivity contribution in [3.8, 4) is 11.5 Å². The molecule has 0 aromatic heterocycles. The number of methoxy groups -OCH3 is 1. The molecule has 0 amide bonds. The molecule has 0 unspecified atom stereocenters. The first-order valence-electron chi connectivity index (χ1n) is 8.36. The molecule has 0 spiro atoms. The van der Waals surface area contributed by atoms with Crippen LogP contribution < -0.4 is 9.47 Å². The summed E-state index contributed by atoms with van der Waals surface area (Å²) in [4.78, 5) is 12.5. The van der Waals surface area contributed by atoms with Crippen LogP contribution in [0.25, 0.3) is 0 Å². The Kier molecular flexibility index (Phi) is 6.02. The van der Waals surface area contributed by atoms with Crippen LogP contribution in [-0.2, 0) is 11.2 Å². The summed E-state index contributed by atoms with van der Waals surface area (Å²) in [5, 5.41) is 0. The average molecular weight is 326 g/mol. The monoisotopic (exact) mass is 326 g/mol. The summed E-state index contributed by atoms with van der Waals surface area (Å²) in [5.74, 6) is 1.03. The molecule has 0 aliphatic carbocycles. The fraction of sp³-hybridized carbons (Fsp3) is 0.381. The van der Waals surface area contributed by atoms with E-state index in [2.05, 4.69) is 26.0 Å². The van der Waals surface area contributed by atoms with Gasteiger partial charge in [-0.25, -0.2) is 0 Å². The molecule has 0 saturated carbocycles. The molecule has 0 heterocycles. The highest BCUT2D eigenvalue weighted by Gasteiger charge is 2.19. The van der Waals surface area contributed by atoms with Gasteiger partial charge in [-0.05, 0) is 55.0 Å².